The highest BCUT2D eigenvalue weighted by Crippen LogP contribution is 2.23. The molecule has 0 amide bonds. The smallest absolute Gasteiger partial charge is 0.411 e. The first-order chi connectivity index (χ1) is 7.23. The normalized spacial score (nSPS) is 20.5. The molecular formula is C9H14F3NO3. The van der Waals surface area contributed by atoms with Crippen LogP contribution in [0, 0.1) is 0 Å². The molecule has 16 heavy (non-hydrogen) atoms. The van der Waals surface area contributed by atoms with Crippen molar-refractivity contribution in [2.24, 2.45) is 0 Å². The SMILES string of the molecule is CC(COCC(F)(F)F)(NC1CC1)C(=O)O. The van der Waals surface area contributed by atoms with Crippen LogP contribution in [0.4, 0.5) is 13.2 Å². The van der Waals surface area contributed by atoms with Gasteiger partial charge in [-0.05, 0) is 19.8 Å². The van der Waals surface area contributed by atoms with Crippen molar-refractivity contribution < 1.29 is 27.8 Å². The second kappa shape index (κ2) is 4.58. The summed E-state index contributed by atoms with van der Waals surface area (Å²) in [6, 6.07) is 0.0792. The van der Waals surface area contributed by atoms with Gasteiger partial charge in [0.05, 0.1) is 6.61 Å². The van der Waals surface area contributed by atoms with Crippen LogP contribution in [0.1, 0.15) is 19.8 Å². The Kier molecular flexibility index (Phi) is 3.80. The van der Waals surface area contributed by atoms with E-state index in [0.717, 1.165) is 12.8 Å². The molecule has 0 aromatic carbocycles. The third kappa shape index (κ3) is 4.36. The summed E-state index contributed by atoms with van der Waals surface area (Å²) in [5.74, 6) is -1.21. The topological polar surface area (TPSA) is 58.6 Å². The van der Waals surface area contributed by atoms with Crippen LogP contribution in [0.5, 0.6) is 0 Å². The van der Waals surface area contributed by atoms with E-state index in [1.807, 2.05) is 0 Å². The van der Waals surface area contributed by atoms with Crippen LogP contribution in [0.3, 0.4) is 0 Å². The lowest BCUT2D eigenvalue weighted by molar-refractivity contribution is -0.181. The quantitative estimate of drug-likeness (QED) is 0.732. The molecule has 0 aliphatic heterocycles. The van der Waals surface area contributed by atoms with E-state index in [4.69, 9.17) is 5.11 Å². The molecule has 1 unspecified atom stereocenters. The summed E-state index contributed by atoms with van der Waals surface area (Å²) in [5.41, 5.74) is -1.45. The lowest BCUT2D eigenvalue weighted by Gasteiger charge is -2.26. The van der Waals surface area contributed by atoms with Gasteiger partial charge < -0.3 is 9.84 Å². The van der Waals surface area contributed by atoms with Crippen molar-refractivity contribution in [1.82, 2.24) is 5.32 Å². The predicted octanol–water partition coefficient (Wildman–Crippen LogP) is 1.16. The zero-order valence-corrected chi connectivity index (χ0v) is 8.80. The monoisotopic (exact) mass is 241 g/mol. The molecule has 0 spiro atoms. The molecule has 1 aliphatic rings. The molecule has 7 heteroatoms. The molecular weight excluding hydrogens is 227 g/mol. The molecule has 94 valence electrons. The average molecular weight is 241 g/mol. The molecule has 4 nitrogen and oxygen atoms in total. The Morgan fingerprint density at radius 3 is 2.38 bits per heavy atom. The number of carboxylic acids is 1. The molecule has 0 radical (unpaired) electrons. The van der Waals surface area contributed by atoms with Gasteiger partial charge in [-0.25, -0.2) is 0 Å². The predicted molar refractivity (Wildman–Crippen MR) is 49.1 cm³/mol. The maximum Gasteiger partial charge on any atom is 0.411 e. The molecule has 2 N–H and O–H groups in total. The Balaban J connectivity index is 2.41. The van der Waals surface area contributed by atoms with Crippen LogP contribution >= 0.6 is 0 Å². The van der Waals surface area contributed by atoms with Crippen LogP contribution in [-0.4, -0.2) is 42.0 Å². The summed E-state index contributed by atoms with van der Waals surface area (Å²) in [6.45, 7) is -0.607. The van der Waals surface area contributed by atoms with Crippen molar-refractivity contribution in [2.75, 3.05) is 13.2 Å². The fourth-order valence-electron chi connectivity index (χ4n) is 1.21. The molecule has 1 atom stereocenters. The van der Waals surface area contributed by atoms with Crippen LogP contribution in [0.25, 0.3) is 0 Å². The van der Waals surface area contributed by atoms with E-state index in [1.165, 1.54) is 6.92 Å². The van der Waals surface area contributed by atoms with Crippen molar-refractivity contribution in [2.45, 2.75) is 37.5 Å². The van der Waals surface area contributed by atoms with Crippen molar-refractivity contribution in [3.05, 3.63) is 0 Å². The zero-order chi connectivity index (χ0) is 12.4. The van der Waals surface area contributed by atoms with E-state index in [-0.39, 0.29) is 6.04 Å². The van der Waals surface area contributed by atoms with E-state index in [9.17, 15) is 18.0 Å². The molecule has 0 aromatic heterocycles. The Labute approximate surface area is 90.8 Å². The Morgan fingerprint density at radius 2 is 2.00 bits per heavy atom. The van der Waals surface area contributed by atoms with Crippen LogP contribution in [0.2, 0.25) is 0 Å². The number of hydrogen-bond acceptors (Lipinski definition) is 3. The summed E-state index contributed by atoms with van der Waals surface area (Å²) in [4.78, 5) is 10.9. The molecule has 0 heterocycles. The second-order valence-corrected chi connectivity index (χ2v) is 4.16. The van der Waals surface area contributed by atoms with Crippen LogP contribution in [0.15, 0.2) is 0 Å². The van der Waals surface area contributed by atoms with E-state index in [2.05, 4.69) is 10.1 Å². The fraction of sp³-hybridized carbons (Fsp3) is 0.889. The van der Waals surface area contributed by atoms with Gasteiger partial charge in [-0.1, -0.05) is 0 Å². The van der Waals surface area contributed by atoms with Gasteiger partial charge in [-0.15, -0.1) is 0 Å². The molecule has 1 rings (SSSR count). The van der Waals surface area contributed by atoms with Crippen molar-refractivity contribution in [1.29, 1.82) is 0 Å². The Hall–Kier alpha value is -0.820. The highest BCUT2D eigenvalue weighted by Gasteiger charge is 2.40. The highest BCUT2D eigenvalue weighted by atomic mass is 19.4. The van der Waals surface area contributed by atoms with E-state index >= 15 is 0 Å². The highest BCUT2D eigenvalue weighted by molar-refractivity contribution is 5.78. The van der Waals surface area contributed by atoms with E-state index in [0.29, 0.717) is 0 Å². The van der Waals surface area contributed by atoms with Crippen LogP contribution < -0.4 is 5.32 Å². The van der Waals surface area contributed by atoms with Gasteiger partial charge >= 0.3 is 12.1 Å². The number of nitrogens with one attached hydrogen (secondary N) is 1. The number of ether oxygens (including phenoxy) is 1. The maximum absolute atomic E-state index is 11.8. The molecule has 0 aromatic rings. The summed E-state index contributed by atoms with van der Waals surface area (Å²) < 4.78 is 39.8. The van der Waals surface area contributed by atoms with Crippen molar-refractivity contribution >= 4 is 5.97 Å². The summed E-state index contributed by atoms with van der Waals surface area (Å²) >= 11 is 0. The number of halogens is 3. The second-order valence-electron chi connectivity index (χ2n) is 4.16. The minimum absolute atomic E-state index is 0.0792. The van der Waals surface area contributed by atoms with Gasteiger partial charge in [0, 0.05) is 6.04 Å². The third-order valence-corrected chi connectivity index (χ3v) is 2.23. The largest absolute Gasteiger partial charge is 0.480 e. The van der Waals surface area contributed by atoms with E-state index < -0.39 is 30.9 Å². The number of rotatable bonds is 6. The van der Waals surface area contributed by atoms with Crippen LogP contribution in [-0.2, 0) is 9.53 Å². The van der Waals surface area contributed by atoms with E-state index in [1.54, 1.807) is 0 Å². The lowest BCUT2D eigenvalue weighted by atomic mass is 10.0. The van der Waals surface area contributed by atoms with Crippen molar-refractivity contribution in [3.8, 4) is 0 Å². The van der Waals surface area contributed by atoms with Gasteiger partial charge in [0.2, 0.25) is 0 Å². The number of carboxylic acid groups (broad SMARTS) is 1. The first-order valence-corrected chi connectivity index (χ1v) is 4.88. The minimum Gasteiger partial charge on any atom is -0.480 e. The van der Waals surface area contributed by atoms with Gasteiger partial charge in [0.25, 0.3) is 0 Å². The summed E-state index contributed by atoms with van der Waals surface area (Å²) in [5, 5.41) is 11.7. The average Bonchev–Trinajstić information content (AvgIpc) is 2.85. The Morgan fingerprint density at radius 1 is 1.44 bits per heavy atom. The zero-order valence-electron chi connectivity index (χ0n) is 8.80. The first kappa shape index (κ1) is 13.2. The standard InChI is InChI=1S/C9H14F3NO3/c1-8(7(14)15,13-6-2-3-6)4-16-5-9(10,11)12/h6,13H,2-5H2,1H3,(H,14,15). The first-order valence-electron chi connectivity index (χ1n) is 4.88. The lowest BCUT2D eigenvalue weighted by Crippen LogP contribution is -2.54. The number of aliphatic carboxylic acids is 1. The molecule has 0 saturated heterocycles. The molecule has 1 fully saturated rings. The van der Waals surface area contributed by atoms with Gasteiger partial charge in [0.15, 0.2) is 0 Å². The Bertz CT molecular complexity index is 265. The van der Waals surface area contributed by atoms with Crippen molar-refractivity contribution in [3.63, 3.8) is 0 Å². The van der Waals surface area contributed by atoms with Gasteiger partial charge in [0.1, 0.15) is 12.1 Å². The number of alkyl halides is 3. The third-order valence-electron chi connectivity index (χ3n) is 2.23. The van der Waals surface area contributed by atoms with Gasteiger partial charge in [-0.2, -0.15) is 13.2 Å². The fourth-order valence-corrected chi connectivity index (χ4v) is 1.21. The molecule has 1 aliphatic carbocycles. The molecule has 1 saturated carbocycles. The number of hydrogen-bond donors (Lipinski definition) is 2. The minimum atomic E-state index is -4.43. The summed E-state index contributed by atoms with van der Waals surface area (Å²) in [6.07, 6.45) is -2.73. The molecule has 0 bridgehead atoms. The van der Waals surface area contributed by atoms with Gasteiger partial charge in [-0.3, -0.25) is 10.1 Å². The summed E-state index contributed by atoms with van der Waals surface area (Å²) in [7, 11) is 0. The number of carbonyl (C=O) groups is 1. The maximum atomic E-state index is 11.8.